The van der Waals surface area contributed by atoms with Crippen LogP contribution >= 0.6 is 7.82 Å². The van der Waals surface area contributed by atoms with E-state index in [4.69, 9.17) is 0 Å². The molecule has 0 bridgehead atoms. The first kappa shape index (κ1) is 52.5. The van der Waals surface area contributed by atoms with E-state index >= 15 is 0 Å². The molecule has 4 nitrogen and oxygen atoms in total. The zero-order chi connectivity index (χ0) is 41.5. The Morgan fingerprint density at radius 1 is 0.345 bits per heavy atom. The summed E-state index contributed by atoms with van der Waals surface area (Å²) in [5.74, 6) is 0. The van der Waals surface area contributed by atoms with E-state index in [9.17, 15) is 14.4 Å². The van der Waals surface area contributed by atoms with Crippen LogP contribution in [-0.2, 0) is 9.09 Å². The molecule has 0 heterocycles. The summed E-state index contributed by atoms with van der Waals surface area (Å²) in [4.78, 5) is 21.1. The van der Waals surface area contributed by atoms with Crippen LogP contribution in [0.3, 0.4) is 0 Å². The van der Waals surface area contributed by atoms with E-state index in [1.807, 2.05) is 6.92 Å². The largest absolute Gasteiger partial charge is 0.790 e. The molecule has 5 heteroatoms. The van der Waals surface area contributed by atoms with Crippen LogP contribution in [-0.4, -0.2) is 6.61 Å². The third-order valence-electron chi connectivity index (χ3n) is 10.0. The zero-order valence-corrected chi connectivity index (χ0v) is 38.2. The topological polar surface area (TPSA) is 72.4 Å². The highest BCUT2D eigenvalue weighted by Crippen LogP contribution is 2.24. The fourth-order valence-electron chi connectivity index (χ4n) is 6.15. The minimum absolute atomic E-state index is 0.179. The van der Waals surface area contributed by atoms with Crippen LogP contribution in [0.5, 0.6) is 0 Å². The van der Waals surface area contributed by atoms with Gasteiger partial charge in [-0.1, -0.05) is 116 Å². The SMILES string of the molecule is CC(C)=CCC/C(C)=C/CC/C(C)=C/CC/C(C)=C/CC/C(C)=C/CC/C(C)=C/CC/C(C)=C/CC/C(C)=C/CC/C(C)=C/CC/C(C)=C/COP(=O)([O-])[O-]. The molecule has 0 aliphatic heterocycles. The molecule has 0 aromatic rings. The van der Waals surface area contributed by atoms with Crippen LogP contribution in [0, 0.1) is 0 Å². The molecule has 0 N–H and O–H groups in total. The lowest BCUT2D eigenvalue weighted by molar-refractivity contribution is -0.340. The Hall–Kier alpha value is -2.49. The fraction of sp³-hybridized carbons (Fsp3) is 0.600. The molecule has 0 amide bonds. The van der Waals surface area contributed by atoms with Gasteiger partial charge in [0.15, 0.2) is 0 Å². The van der Waals surface area contributed by atoms with E-state index < -0.39 is 7.82 Å². The predicted molar refractivity (Wildman–Crippen MR) is 240 cm³/mol. The van der Waals surface area contributed by atoms with Crippen molar-refractivity contribution in [1.29, 1.82) is 0 Å². The quantitative estimate of drug-likeness (QED) is 0.0538. The Morgan fingerprint density at radius 3 is 0.709 bits per heavy atom. The summed E-state index contributed by atoms with van der Waals surface area (Å²) in [5.41, 5.74) is 14.3. The monoisotopic (exact) mass is 777 g/mol. The van der Waals surface area contributed by atoms with Gasteiger partial charge in [-0.05, 0) is 192 Å². The highest BCUT2D eigenvalue weighted by molar-refractivity contribution is 7.43. The van der Waals surface area contributed by atoms with E-state index in [1.54, 1.807) is 6.08 Å². The Morgan fingerprint density at radius 2 is 0.527 bits per heavy atom. The van der Waals surface area contributed by atoms with Crippen molar-refractivity contribution >= 4 is 7.82 Å². The summed E-state index contributed by atoms with van der Waals surface area (Å²) in [6.45, 7) is 24.2. The van der Waals surface area contributed by atoms with Crippen LogP contribution in [0.2, 0.25) is 0 Å². The van der Waals surface area contributed by atoms with Gasteiger partial charge in [0.1, 0.15) is 0 Å². The Kier molecular flexibility index (Phi) is 31.1. The summed E-state index contributed by atoms with van der Waals surface area (Å²) in [6.07, 6.45) is 43.0. The highest BCUT2D eigenvalue weighted by atomic mass is 31.2. The Bertz CT molecular complexity index is 1440. The zero-order valence-electron chi connectivity index (χ0n) is 37.3. The van der Waals surface area contributed by atoms with Crippen LogP contribution in [0.1, 0.15) is 192 Å². The molecule has 0 radical (unpaired) electrons. The van der Waals surface area contributed by atoms with E-state index in [1.165, 1.54) is 63.0 Å². The van der Waals surface area contributed by atoms with Gasteiger partial charge in [0.05, 0.1) is 14.4 Å². The standard InChI is InChI=1S/C50H83O4P/c1-41(2)21-12-22-42(3)23-13-24-43(4)25-14-26-44(5)27-15-28-45(6)29-16-30-46(7)31-17-32-47(8)33-18-34-48(9)35-19-36-49(10)37-20-38-50(11)39-40-54-55(51,52)53/h21,23,25,27,29,31,33,35,37,39H,12-20,22,24,26,28,30,32,34,36,38,40H2,1-11H3,(H2,51,52,53)/p-2/b42-23+,43-25+,44-27+,45-29+,46-31+,47-33+,48-35+,49-37+,50-39+. The lowest BCUT2D eigenvalue weighted by Crippen LogP contribution is -2.16. The minimum atomic E-state index is -4.90. The van der Waals surface area contributed by atoms with Crippen molar-refractivity contribution in [3.05, 3.63) is 116 Å². The maximum atomic E-state index is 10.5. The van der Waals surface area contributed by atoms with Crippen LogP contribution in [0.25, 0.3) is 0 Å². The number of hydrogen-bond acceptors (Lipinski definition) is 4. The molecule has 0 fully saturated rings. The maximum Gasteiger partial charge on any atom is 0.0702 e. The molecule has 0 saturated heterocycles. The lowest BCUT2D eigenvalue weighted by atomic mass is 10.0. The Labute approximate surface area is 340 Å². The van der Waals surface area contributed by atoms with Crippen LogP contribution < -0.4 is 9.79 Å². The van der Waals surface area contributed by atoms with Gasteiger partial charge >= 0.3 is 0 Å². The van der Waals surface area contributed by atoms with Gasteiger partial charge in [0.2, 0.25) is 0 Å². The van der Waals surface area contributed by atoms with Crippen molar-refractivity contribution in [1.82, 2.24) is 0 Å². The lowest BCUT2D eigenvalue weighted by Gasteiger charge is -2.27. The van der Waals surface area contributed by atoms with Crippen molar-refractivity contribution in [2.75, 3.05) is 6.61 Å². The number of hydrogen-bond donors (Lipinski definition) is 0. The van der Waals surface area contributed by atoms with Gasteiger partial charge in [-0.3, -0.25) is 0 Å². The minimum Gasteiger partial charge on any atom is -0.790 e. The van der Waals surface area contributed by atoms with Crippen molar-refractivity contribution in [2.24, 2.45) is 0 Å². The summed E-state index contributed by atoms with van der Waals surface area (Å²) >= 11 is 0. The summed E-state index contributed by atoms with van der Waals surface area (Å²) in [6, 6.07) is 0. The smallest absolute Gasteiger partial charge is 0.0702 e. The third-order valence-corrected chi connectivity index (χ3v) is 10.5. The molecule has 0 aliphatic carbocycles. The second-order valence-electron chi connectivity index (χ2n) is 16.3. The van der Waals surface area contributed by atoms with Crippen molar-refractivity contribution < 1.29 is 18.9 Å². The molecule has 0 aromatic heterocycles. The van der Waals surface area contributed by atoms with E-state index in [2.05, 4.69) is 128 Å². The van der Waals surface area contributed by atoms with Crippen LogP contribution in [0.4, 0.5) is 0 Å². The van der Waals surface area contributed by atoms with Gasteiger partial charge in [0.25, 0.3) is 0 Å². The first-order chi connectivity index (χ1) is 26.0. The fourth-order valence-corrected chi connectivity index (χ4v) is 6.40. The molecular formula is C50H81O4P-2. The highest BCUT2D eigenvalue weighted by Gasteiger charge is 1.98. The number of rotatable bonds is 30. The van der Waals surface area contributed by atoms with E-state index in [-0.39, 0.29) is 6.61 Å². The molecule has 0 rings (SSSR count). The van der Waals surface area contributed by atoms with Gasteiger partial charge < -0.3 is 18.9 Å². The maximum absolute atomic E-state index is 10.5. The molecular weight excluding hydrogens is 696 g/mol. The molecule has 0 spiro atoms. The summed E-state index contributed by atoms with van der Waals surface area (Å²) in [7, 11) is -4.90. The van der Waals surface area contributed by atoms with Crippen molar-refractivity contribution in [3.63, 3.8) is 0 Å². The van der Waals surface area contributed by atoms with Crippen molar-refractivity contribution in [2.45, 2.75) is 192 Å². The first-order valence-corrected chi connectivity index (χ1v) is 22.6. The number of allylic oxidation sites excluding steroid dienone is 19. The summed E-state index contributed by atoms with van der Waals surface area (Å²) < 4.78 is 14.8. The first-order valence-electron chi connectivity index (χ1n) is 21.2. The van der Waals surface area contributed by atoms with Gasteiger partial charge in [-0.15, -0.1) is 0 Å². The molecule has 0 unspecified atom stereocenters. The van der Waals surface area contributed by atoms with E-state index in [0.29, 0.717) is 0 Å². The van der Waals surface area contributed by atoms with Crippen molar-refractivity contribution in [3.8, 4) is 0 Å². The van der Waals surface area contributed by atoms with Gasteiger partial charge in [-0.2, -0.15) is 0 Å². The average molecular weight is 777 g/mol. The van der Waals surface area contributed by atoms with Gasteiger partial charge in [0, 0.05) is 0 Å². The molecule has 0 saturated carbocycles. The second kappa shape index (κ2) is 32.6. The number of phosphoric ester groups is 1. The van der Waals surface area contributed by atoms with E-state index in [0.717, 1.165) is 108 Å². The summed E-state index contributed by atoms with van der Waals surface area (Å²) in [5, 5.41) is 0. The van der Waals surface area contributed by atoms with Gasteiger partial charge in [-0.25, -0.2) is 0 Å². The molecule has 0 aliphatic rings. The van der Waals surface area contributed by atoms with Crippen LogP contribution in [0.15, 0.2) is 116 Å². The molecule has 55 heavy (non-hydrogen) atoms. The second-order valence-corrected chi connectivity index (χ2v) is 17.5. The molecule has 0 aromatic carbocycles. The Balaban J connectivity index is 4.26. The average Bonchev–Trinajstić information content (AvgIpc) is 3.07. The molecule has 312 valence electrons. The normalized spacial score (nSPS) is 15.0. The number of phosphoric acid groups is 1. The third kappa shape index (κ3) is 36.9. The predicted octanol–water partition coefficient (Wildman–Crippen LogP) is 15.3. The molecule has 0 atom stereocenters.